The van der Waals surface area contributed by atoms with Crippen LogP contribution in [0, 0.1) is 6.92 Å². The molecule has 0 aliphatic heterocycles. The fourth-order valence-corrected chi connectivity index (χ4v) is 1.87. The van der Waals surface area contributed by atoms with Gasteiger partial charge in [-0.15, -0.1) is 0 Å². The van der Waals surface area contributed by atoms with Gasteiger partial charge in [-0.1, -0.05) is 0 Å². The van der Waals surface area contributed by atoms with Gasteiger partial charge in [-0.2, -0.15) is 11.8 Å². The van der Waals surface area contributed by atoms with Crippen molar-refractivity contribution in [2.24, 2.45) is 0 Å². The van der Waals surface area contributed by atoms with Crippen molar-refractivity contribution in [2.75, 3.05) is 36.2 Å². The largest absolute Gasteiger partial charge is 0.373 e. The van der Waals surface area contributed by atoms with Crippen LogP contribution >= 0.6 is 11.8 Å². The van der Waals surface area contributed by atoms with Crippen molar-refractivity contribution in [3.05, 3.63) is 11.9 Å². The molecule has 0 aliphatic carbocycles. The molecule has 16 heavy (non-hydrogen) atoms. The summed E-state index contributed by atoms with van der Waals surface area (Å²) in [5, 5.41) is 6.34. The summed E-state index contributed by atoms with van der Waals surface area (Å²) >= 11 is 1.89. The van der Waals surface area contributed by atoms with E-state index in [4.69, 9.17) is 0 Å². The lowest BCUT2D eigenvalue weighted by Gasteiger charge is -2.07. The molecule has 0 bridgehead atoms. The summed E-state index contributed by atoms with van der Waals surface area (Å²) in [6.07, 6.45) is 4.57. The highest BCUT2D eigenvalue weighted by molar-refractivity contribution is 7.98. The number of anilines is 2. The van der Waals surface area contributed by atoms with Crippen LogP contribution in [0.5, 0.6) is 0 Å². The molecule has 0 atom stereocenters. The van der Waals surface area contributed by atoms with E-state index in [9.17, 15) is 0 Å². The number of aromatic nitrogens is 2. The molecule has 1 heterocycles. The number of aryl methyl sites for hydroxylation is 1. The Morgan fingerprint density at radius 2 is 2.00 bits per heavy atom. The molecule has 1 aromatic heterocycles. The molecule has 2 N–H and O–H groups in total. The van der Waals surface area contributed by atoms with Crippen molar-refractivity contribution < 1.29 is 0 Å². The van der Waals surface area contributed by atoms with Crippen molar-refractivity contribution >= 4 is 23.4 Å². The van der Waals surface area contributed by atoms with E-state index in [1.165, 1.54) is 18.6 Å². The summed E-state index contributed by atoms with van der Waals surface area (Å²) in [6.45, 7) is 2.87. The van der Waals surface area contributed by atoms with Gasteiger partial charge >= 0.3 is 0 Å². The quantitative estimate of drug-likeness (QED) is 0.717. The number of unbranched alkanes of at least 4 members (excludes halogenated alkanes) is 1. The number of thioether (sulfide) groups is 1. The van der Waals surface area contributed by atoms with Gasteiger partial charge in [0.05, 0.1) is 0 Å². The Hall–Kier alpha value is -0.970. The fraction of sp³-hybridized carbons (Fsp3) is 0.636. The minimum absolute atomic E-state index is 0.790. The molecule has 5 heteroatoms. The number of nitrogens with zero attached hydrogens (tertiary/aromatic N) is 2. The van der Waals surface area contributed by atoms with Crippen LogP contribution in [0.4, 0.5) is 11.6 Å². The Bertz CT molecular complexity index is 317. The first-order valence-corrected chi connectivity index (χ1v) is 6.92. The number of nitrogens with one attached hydrogen (secondary N) is 2. The van der Waals surface area contributed by atoms with E-state index in [1.807, 2.05) is 31.8 Å². The third-order valence-electron chi connectivity index (χ3n) is 2.18. The summed E-state index contributed by atoms with van der Waals surface area (Å²) in [5.41, 5.74) is 0. The molecule has 0 fully saturated rings. The van der Waals surface area contributed by atoms with Gasteiger partial charge in [-0.05, 0) is 31.8 Å². The van der Waals surface area contributed by atoms with Crippen molar-refractivity contribution in [2.45, 2.75) is 19.8 Å². The van der Waals surface area contributed by atoms with Gasteiger partial charge in [0.15, 0.2) is 0 Å². The van der Waals surface area contributed by atoms with E-state index in [1.54, 1.807) is 0 Å². The predicted octanol–water partition coefficient (Wildman–Crippen LogP) is 2.38. The van der Waals surface area contributed by atoms with Crippen molar-refractivity contribution in [1.29, 1.82) is 0 Å². The highest BCUT2D eigenvalue weighted by Gasteiger charge is 1.99. The molecule has 0 spiro atoms. The summed E-state index contributed by atoms with van der Waals surface area (Å²) in [6, 6.07) is 1.93. The standard InChI is InChI=1S/C11H20N4S/c1-9-14-10(12-2)8-11(15-9)13-6-4-5-7-16-3/h8H,4-7H2,1-3H3,(H2,12,13,14,15). The highest BCUT2D eigenvalue weighted by Crippen LogP contribution is 2.10. The molecule has 0 aliphatic rings. The van der Waals surface area contributed by atoms with Gasteiger partial charge in [0.2, 0.25) is 0 Å². The van der Waals surface area contributed by atoms with Gasteiger partial charge < -0.3 is 10.6 Å². The zero-order valence-corrected chi connectivity index (χ0v) is 11.0. The number of rotatable bonds is 7. The van der Waals surface area contributed by atoms with E-state index in [2.05, 4.69) is 26.9 Å². The van der Waals surface area contributed by atoms with Crippen LogP contribution < -0.4 is 10.6 Å². The summed E-state index contributed by atoms with van der Waals surface area (Å²) in [7, 11) is 1.87. The lowest BCUT2D eigenvalue weighted by Crippen LogP contribution is -2.06. The SMILES string of the molecule is CNc1cc(NCCCCSC)nc(C)n1. The lowest BCUT2D eigenvalue weighted by atomic mass is 10.3. The molecule has 0 amide bonds. The first kappa shape index (κ1) is 13.1. The third-order valence-corrected chi connectivity index (χ3v) is 2.87. The van der Waals surface area contributed by atoms with Gasteiger partial charge in [-0.25, -0.2) is 9.97 Å². The van der Waals surface area contributed by atoms with E-state index in [0.29, 0.717) is 0 Å². The first-order chi connectivity index (χ1) is 7.76. The first-order valence-electron chi connectivity index (χ1n) is 5.52. The fourth-order valence-electron chi connectivity index (χ4n) is 1.37. The lowest BCUT2D eigenvalue weighted by molar-refractivity contribution is 0.837. The molecular weight excluding hydrogens is 220 g/mol. The monoisotopic (exact) mass is 240 g/mol. The van der Waals surface area contributed by atoms with Gasteiger partial charge in [0.25, 0.3) is 0 Å². The molecule has 90 valence electrons. The molecule has 0 radical (unpaired) electrons. The summed E-state index contributed by atoms with van der Waals surface area (Å²) in [4.78, 5) is 8.58. The molecule has 0 unspecified atom stereocenters. The van der Waals surface area contributed by atoms with Crippen LogP contribution in [-0.2, 0) is 0 Å². The van der Waals surface area contributed by atoms with Crippen LogP contribution in [0.15, 0.2) is 6.07 Å². The Labute approximate surface area is 102 Å². The normalized spacial score (nSPS) is 10.2. The Morgan fingerprint density at radius 1 is 1.25 bits per heavy atom. The second-order valence-electron chi connectivity index (χ2n) is 3.56. The van der Waals surface area contributed by atoms with Crippen LogP contribution in [0.2, 0.25) is 0 Å². The van der Waals surface area contributed by atoms with Gasteiger partial charge in [-0.3, -0.25) is 0 Å². The zero-order chi connectivity index (χ0) is 11.8. The second kappa shape index (κ2) is 7.33. The van der Waals surface area contributed by atoms with Crippen LogP contribution in [0.3, 0.4) is 0 Å². The van der Waals surface area contributed by atoms with Crippen LogP contribution in [0.25, 0.3) is 0 Å². The maximum absolute atomic E-state index is 4.33. The third kappa shape index (κ3) is 4.70. The van der Waals surface area contributed by atoms with Gasteiger partial charge in [0.1, 0.15) is 17.5 Å². The van der Waals surface area contributed by atoms with Crippen molar-refractivity contribution in [1.82, 2.24) is 9.97 Å². The van der Waals surface area contributed by atoms with E-state index in [0.717, 1.165) is 24.0 Å². The molecule has 0 saturated heterocycles. The number of hydrogen-bond donors (Lipinski definition) is 2. The smallest absolute Gasteiger partial charge is 0.131 e. The van der Waals surface area contributed by atoms with E-state index in [-0.39, 0.29) is 0 Å². The molecule has 1 aromatic rings. The maximum Gasteiger partial charge on any atom is 0.131 e. The Morgan fingerprint density at radius 3 is 2.69 bits per heavy atom. The zero-order valence-electron chi connectivity index (χ0n) is 10.2. The van der Waals surface area contributed by atoms with Gasteiger partial charge in [0, 0.05) is 19.7 Å². The van der Waals surface area contributed by atoms with E-state index < -0.39 is 0 Å². The minimum Gasteiger partial charge on any atom is -0.373 e. The summed E-state index contributed by atoms with van der Waals surface area (Å²) < 4.78 is 0. The average Bonchev–Trinajstić information content (AvgIpc) is 2.28. The molecular formula is C11H20N4S. The topological polar surface area (TPSA) is 49.8 Å². The average molecular weight is 240 g/mol. The Balaban J connectivity index is 2.38. The predicted molar refractivity (Wildman–Crippen MR) is 72.4 cm³/mol. The number of hydrogen-bond acceptors (Lipinski definition) is 5. The maximum atomic E-state index is 4.33. The Kier molecular flexibility index (Phi) is 6.00. The van der Waals surface area contributed by atoms with Crippen molar-refractivity contribution in [3.63, 3.8) is 0 Å². The minimum atomic E-state index is 0.790. The summed E-state index contributed by atoms with van der Waals surface area (Å²) in [5.74, 6) is 3.78. The molecule has 4 nitrogen and oxygen atoms in total. The highest BCUT2D eigenvalue weighted by atomic mass is 32.2. The molecule has 1 rings (SSSR count). The second-order valence-corrected chi connectivity index (χ2v) is 4.55. The van der Waals surface area contributed by atoms with E-state index >= 15 is 0 Å². The molecule has 0 saturated carbocycles. The van der Waals surface area contributed by atoms with Crippen LogP contribution in [0.1, 0.15) is 18.7 Å². The van der Waals surface area contributed by atoms with Crippen molar-refractivity contribution in [3.8, 4) is 0 Å². The molecule has 0 aromatic carbocycles. The van der Waals surface area contributed by atoms with Crippen LogP contribution in [-0.4, -0.2) is 35.6 Å².